The summed E-state index contributed by atoms with van der Waals surface area (Å²) in [5.74, 6) is 1.61. The third kappa shape index (κ3) is 3.80. The van der Waals surface area contributed by atoms with E-state index in [1.807, 2.05) is 6.07 Å². The van der Waals surface area contributed by atoms with E-state index in [0.717, 1.165) is 38.4 Å². The summed E-state index contributed by atoms with van der Waals surface area (Å²) in [5.41, 5.74) is 5.72. The molecule has 1 fully saturated rings. The minimum absolute atomic E-state index is 0.450. The van der Waals surface area contributed by atoms with Crippen molar-refractivity contribution in [2.75, 3.05) is 44.2 Å². The zero-order chi connectivity index (χ0) is 14.4. The number of nitrogens with two attached hydrogens (primary N) is 1. The summed E-state index contributed by atoms with van der Waals surface area (Å²) >= 11 is 0. The van der Waals surface area contributed by atoms with Crippen LogP contribution in [0.25, 0.3) is 0 Å². The molecule has 0 aromatic carbocycles. The Bertz CT molecular complexity index is 406. The lowest BCUT2D eigenvalue weighted by molar-refractivity contribution is 0.201. The van der Waals surface area contributed by atoms with Crippen LogP contribution < -0.4 is 15.4 Å². The summed E-state index contributed by atoms with van der Waals surface area (Å²) in [4.78, 5) is 13.2. The van der Waals surface area contributed by atoms with Crippen molar-refractivity contribution in [3.05, 3.63) is 12.4 Å². The van der Waals surface area contributed by atoms with Gasteiger partial charge in [-0.1, -0.05) is 6.92 Å². The van der Waals surface area contributed by atoms with Crippen LogP contribution in [-0.2, 0) is 0 Å². The number of ether oxygens (including phenoxy) is 1. The molecular weight excluding hydrogens is 254 g/mol. The molecule has 6 heteroatoms. The molecule has 0 radical (unpaired) electrons. The largest absolute Gasteiger partial charge is 0.478 e. The van der Waals surface area contributed by atoms with Gasteiger partial charge in [-0.2, -0.15) is 0 Å². The van der Waals surface area contributed by atoms with Gasteiger partial charge in [-0.15, -0.1) is 0 Å². The summed E-state index contributed by atoms with van der Waals surface area (Å²) < 4.78 is 5.56. The number of piperazine rings is 1. The first kappa shape index (κ1) is 15.0. The average Bonchev–Trinajstić information content (AvgIpc) is 2.52. The van der Waals surface area contributed by atoms with Crippen LogP contribution in [-0.4, -0.2) is 60.2 Å². The van der Waals surface area contributed by atoms with Crippen molar-refractivity contribution in [1.29, 1.82) is 0 Å². The lowest BCUT2D eigenvalue weighted by atomic mass is 10.2. The summed E-state index contributed by atoms with van der Waals surface area (Å²) in [7, 11) is 0. The predicted molar refractivity (Wildman–Crippen MR) is 80.1 cm³/mol. The van der Waals surface area contributed by atoms with Gasteiger partial charge in [0.05, 0.1) is 6.61 Å². The quantitative estimate of drug-likeness (QED) is 0.828. The Kier molecular flexibility index (Phi) is 5.55. The number of hydrogen-bond donors (Lipinski definition) is 1. The molecule has 2 rings (SSSR count). The Hall–Kier alpha value is -1.40. The Morgan fingerprint density at radius 2 is 2.05 bits per heavy atom. The molecule has 1 aromatic rings. The predicted octanol–water partition coefficient (Wildman–Crippen LogP) is 0.735. The van der Waals surface area contributed by atoms with E-state index in [9.17, 15) is 0 Å². The Balaban J connectivity index is 1.93. The molecule has 0 spiro atoms. The molecule has 20 heavy (non-hydrogen) atoms. The molecule has 2 N–H and O–H groups in total. The van der Waals surface area contributed by atoms with Crippen molar-refractivity contribution in [2.45, 2.75) is 26.3 Å². The molecule has 1 aliphatic heterocycles. The summed E-state index contributed by atoms with van der Waals surface area (Å²) in [5, 5.41) is 0. The monoisotopic (exact) mass is 279 g/mol. The van der Waals surface area contributed by atoms with Gasteiger partial charge in [0.15, 0.2) is 0 Å². The zero-order valence-corrected chi connectivity index (χ0v) is 12.5. The van der Waals surface area contributed by atoms with Gasteiger partial charge in [0, 0.05) is 44.8 Å². The number of anilines is 1. The maximum atomic E-state index is 5.72. The van der Waals surface area contributed by atoms with E-state index in [1.54, 1.807) is 6.33 Å². The van der Waals surface area contributed by atoms with E-state index in [1.165, 1.54) is 0 Å². The van der Waals surface area contributed by atoms with Crippen molar-refractivity contribution in [1.82, 2.24) is 14.9 Å². The molecule has 1 aliphatic rings. The summed E-state index contributed by atoms with van der Waals surface area (Å²) in [6.45, 7) is 9.64. The first-order chi connectivity index (χ1) is 9.74. The Morgan fingerprint density at radius 1 is 1.30 bits per heavy atom. The van der Waals surface area contributed by atoms with Gasteiger partial charge in [-0.05, 0) is 13.3 Å². The van der Waals surface area contributed by atoms with Crippen LogP contribution in [0.3, 0.4) is 0 Å². The van der Waals surface area contributed by atoms with Crippen LogP contribution in [0.4, 0.5) is 5.82 Å². The van der Waals surface area contributed by atoms with E-state index >= 15 is 0 Å². The fraction of sp³-hybridized carbons (Fsp3) is 0.714. The fourth-order valence-electron chi connectivity index (χ4n) is 2.33. The van der Waals surface area contributed by atoms with Crippen LogP contribution in [0.5, 0.6) is 5.88 Å². The zero-order valence-electron chi connectivity index (χ0n) is 12.5. The highest BCUT2D eigenvalue weighted by Gasteiger charge is 2.21. The van der Waals surface area contributed by atoms with E-state index < -0.39 is 0 Å². The molecule has 1 saturated heterocycles. The fourth-order valence-corrected chi connectivity index (χ4v) is 2.33. The maximum Gasteiger partial charge on any atom is 0.218 e. The third-order valence-corrected chi connectivity index (χ3v) is 3.68. The smallest absolute Gasteiger partial charge is 0.218 e. The van der Waals surface area contributed by atoms with Crippen molar-refractivity contribution in [2.24, 2.45) is 5.73 Å². The normalized spacial score (nSPS) is 18.1. The molecule has 1 unspecified atom stereocenters. The first-order valence-corrected chi connectivity index (χ1v) is 7.38. The van der Waals surface area contributed by atoms with Gasteiger partial charge in [0.1, 0.15) is 12.1 Å². The maximum absolute atomic E-state index is 5.72. The van der Waals surface area contributed by atoms with E-state index in [4.69, 9.17) is 10.5 Å². The Morgan fingerprint density at radius 3 is 2.70 bits per heavy atom. The highest BCUT2D eigenvalue weighted by atomic mass is 16.5. The van der Waals surface area contributed by atoms with Crippen LogP contribution in [0.15, 0.2) is 12.4 Å². The molecule has 0 bridgehead atoms. The molecule has 6 nitrogen and oxygen atoms in total. The standard InChI is InChI=1S/C14H25N5O/c1-3-8-20-14-9-13(16-11-17-14)19-6-4-18(5-7-19)12(2)10-15/h9,11-12H,3-8,10,15H2,1-2H3. The van der Waals surface area contributed by atoms with Crippen LogP contribution in [0.2, 0.25) is 0 Å². The van der Waals surface area contributed by atoms with Crippen molar-refractivity contribution in [3.8, 4) is 5.88 Å². The second-order valence-electron chi connectivity index (χ2n) is 5.17. The molecule has 0 aliphatic carbocycles. The van der Waals surface area contributed by atoms with E-state index in [-0.39, 0.29) is 0 Å². The van der Waals surface area contributed by atoms with Gasteiger partial charge in [-0.25, -0.2) is 9.97 Å². The van der Waals surface area contributed by atoms with Gasteiger partial charge >= 0.3 is 0 Å². The number of nitrogens with zero attached hydrogens (tertiary/aromatic N) is 4. The highest BCUT2D eigenvalue weighted by Crippen LogP contribution is 2.18. The lowest BCUT2D eigenvalue weighted by Gasteiger charge is -2.38. The van der Waals surface area contributed by atoms with Crippen LogP contribution >= 0.6 is 0 Å². The second kappa shape index (κ2) is 7.40. The van der Waals surface area contributed by atoms with Crippen LogP contribution in [0, 0.1) is 0 Å². The van der Waals surface area contributed by atoms with Gasteiger partial charge < -0.3 is 15.4 Å². The summed E-state index contributed by atoms with van der Waals surface area (Å²) in [6, 6.07) is 2.38. The summed E-state index contributed by atoms with van der Waals surface area (Å²) in [6.07, 6.45) is 2.56. The molecule has 112 valence electrons. The average molecular weight is 279 g/mol. The molecule has 1 atom stereocenters. The highest BCUT2D eigenvalue weighted by molar-refractivity contribution is 5.41. The molecule has 2 heterocycles. The lowest BCUT2D eigenvalue weighted by Crippen LogP contribution is -2.51. The van der Waals surface area contributed by atoms with Gasteiger partial charge in [0.25, 0.3) is 0 Å². The van der Waals surface area contributed by atoms with Crippen molar-refractivity contribution < 1.29 is 4.74 Å². The minimum atomic E-state index is 0.450. The number of rotatable bonds is 6. The number of hydrogen-bond acceptors (Lipinski definition) is 6. The Labute approximate surface area is 120 Å². The molecule has 0 amide bonds. The third-order valence-electron chi connectivity index (χ3n) is 3.68. The topological polar surface area (TPSA) is 67.5 Å². The van der Waals surface area contributed by atoms with Gasteiger partial charge in [0.2, 0.25) is 5.88 Å². The molecular formula is C14H25N5O. The van der Waals surface area contributed by atoms with E-state index in [0.29, 0.717) is 25.1 Å². The number of aromatic nitrogens is 2. The molecule has 0 saturated carbocycles. The molecule has 1 aromatic heterocycles. The van der Waals surface area contributed by atoms with Crippen molar-refractivity contribution >= 4 is 5.82 Å². The minimum Gasteiger partial charge on any atom is -0.478 e. The SMILES string of the molecule is CCCOc1cc(N2CCN(C(C)CN)CC2)ncn1. The van der Waals surface area contributed by atoms with Crippen molar-refractivity contribution in [3.63, 3.8) is 0 Å². The van der Waals surface area contributed by atoms with Gasteiger partial charge in [-0.3, -0.25) is 4.90 Å². The first-order valence-electron chi connectivity index (χ1n) is 7.38. The second-order valence-corrected chi connectivity index (χ2v) is 5.17. The van der Waals surface area contributed by atoms with Crippen LogP contribution in [0.1, 0.15) is 20.3 Å². The van der Waals surface area contributed by atoms with E-state index in [2.05, 4.69) is 33.6 Å².